The molecule has 0 radical (unpaired) electrons. The standard InChI is InChI=1S/C17H23NO5/c1-2-22-14-8-3-4-9-15(14)23-12-6-10-16(19)18-11-5-7-13(18)17(20)21/h3-4,8-9,13H,2,5-7,10-12H2,1H3,(H,20,21)/t13-/m1/s1. The molecule has 23 heavy (non-hydrogen) atoms. The van der Waals surface area contributed by atoms with Crippen molar-refractivity contribution in [2.45, 2.75) is 38.6 Å². The Morgan fingerprint density at radius 2 is 1.96 bits per heavy atom. The predicted molar refractivity (Wildman–Crippen MR) is 84.7 cm³/mol. The minimum atomic E-state index is -0.919. The Kier molecular flexibility index (Phi) is 6.26. The summed E-state index contributed by atoms with van der Waals surface area (Å²) in [4.78, 5) is 24.7. The molecule has 1 atom stereocenters. The molecule has 1 N–H and O–H groups in total. The van der Waals surface area contributed by atoms with Gasteiger partial charge in [0.25, 0.3) is 0 Å². The van der Waals surface area contributed by atoms with Gasteiger partial charge >= 0.3 is 5.97 Å². The van der Waals surface area contributed by atoms with E-state index < -0.39 is 12.0 Å². The maximum absolute atomic E-state index is 12.1. The highest BCUT2D eigenvalue weighted by Gasteiger charge is 2.33. The van der Waals surface area contributed by atoms with Crippen LogP contribution in [0.1, 0.15) is 32.6 Å². The Morgan fingerprint density at radius 3 is 2.61 bits per heavy atom. The quantitative estimate of drug-likeness (QED) is 0.744. The van der Waals surface area contributed by atoms with E-state index in [1.54, 1.807) is 0 Å². The zero-order chi connectivity index (χ0) is 16.7. The van der Waals surface area contributed by atoms with Crippen molar-refractivity contribution in [3.63, 3.8) is 0 Å². The Labute approximate surface area is 136 Å². The van der Waals surface area contributed by atoms with Crippen molar-refractivity contribution in [3.8, 4) is 11.5 Å². The average molecular weight is 321 g/mol. The second kappa shape index (κ2) is 8.41. The summed E-state index contributed by atoms with van der Waals surface area (Å²) in [7, 11) is 0. The van der Waals surface area contributed by atoms with Gasteiger partial charge in [-0.05, 0) is 38.3 Å². The number of likely N-dealkylation sites (tertiary alicyclic amines) is 1. The first-order valence-electron chi connectivity index (χ1n) is 8.00. The van der Waals surface area contributed by atoms with E-state index in [2.05, 4.69) is 0 Å². The van der Waals surface area contributed by atoms with Crippen LogP contribution in [0.3, 0.4) is 0 Å². The highest BCUT2D eigenvalue weighted by Crippen LogP contribution is 2.26. The molecule has 0 aliphatic carbocycles. The zero-order valence-electron chi connectivity index (χ0n) is 13.4. The van der Waals surface area contributed by atoms with Crippen LogP contribution in [0.15, 0.2) is 24.3 Å². The van der Waals surface area contributed by atoms with Gasteiger partial charge in [-0.15, -0.1) is 0 Å². The smallest absolute Gasteiger partial charge is 0.326 e. The molecule has 2 rings (SSSR count). The Morgan fingerprint density at radius 1 is 1.26 bits per heavy atom. The predicted octanol–water partition coefficient (Wildman–Crippen LogP) is 2.32. The number of rotatable bonds is 8. The molecule has 6 heteroatoms. The summed E-state index contributed by atoms with van der Waals surface area (Å²) in [6.07, 6.45) is 2.13. The summed E-state index contributed by atoms with van der Waals surface area (Å²) in [5.74, 6) is 0.313. The highest BCUT2D eigenvalue weighted by atomic mass is 16.5. The minimum Gasteiger partial charge on any atom is -0.490 e. The van der Waals surface area contributed by atoms with E-state index >= 15 is 0 Å². The molecule has 0 saturated carbocycles. The zero-order valence-corrected chi connectivity index (χ0v) is 13.4. The van der Waals surface area contributed by atoms with Crippen LogP contribution < -0.4 is 9.47 Å². The highest BCUT2D eigenvalue weighted by molar-refractivity contribution is 5.84. The van der Waals surface area contributed by atoms with Crippen LogP contribution in [-0.2, 0) is 9.59 Å². The maximum atomic E-state index is 12.1. The third-order valence-corrected chi connectivity index (χ3v) is 3.80. The Hall–Kier alpha value is -2.24. The normalized spacial score (nSPS) is 17.1. The number of hydrogen-bond donors (Lipinski definition) is 1. The summed E-state index contributed by atoms with van der Waals surface area (Å²) in [5.41, 5.74) is 0. The van der Waals surface area contributed by atoms with Crippen LogP contribution in [-0.4, -0.2) is 47.7 Å². The van der Waals surface area contributed by atoms with Crippen molar-refractivity contribution in [1.82, 2.24) is 4.90 Å². The molecule has 1 saturated heterocycles. The largest absolute Gasteiger partial charge is 0.490 e. The van der Waals surface area contributed by atoms with Crippen molar-refractivity contribution >= 4 is 11.9 Å². The van der Waals surface area contributed by atoms with Crippen LogP contribution in [0.2, 0.25) is 0 Å². The molecule has 1 amide bonds. The number of benzene rings is 1. The van der Waals surface area contributed by atoms with E-state index in [1.807, 2.05) is 31.2 Å². The third-order valence-electron chi connectivity index (χ3n) is 3.80. The van der Waals surface area contributed by atoms with Gasteiger partial charge in [0.2, 0.25) is 5.91 Å². The fourth-order valence-electron chi connectivity index (χ4n) is 2.72. The number of nitrogens with zero attached hydrogens (tertiary/aromatic N) is 1. The molecule has 1 aromatic rings. The topological polar surface area (TPSA) is 76.1 Å². The summed E-state index contributed by atoms with van der Waals surface area (Å²) < 4.78 is 11.1. The summed E-state index contributed by atoms with van der Waals surface area (Å²) in [6, 6.07) is 6.74. The number of para-hydroxylation sites is 2. The fraction of sp³-hybridized carbons (Fsp3) is 0.529. The van der Waals surface area contributed by atoms with Crippen LogP contribution in [0, 0.1) is 0 Å². The van der Waals surface area contributed by atoms with Crippen molar-refractivity contribution in [3.05, 3.63) is 24.3 Å². The molecule has 0 bridgehead atoms. The monoisotopic (exact) mass is 321 g/mol. The van der Waals surface area contributed by atoms with Gasteiger partial charge in [0.15, 0.2) is 11.5 Å². The van der Waals surface area contributed by atoms with Crippen molar-refractivity contribution < 1.29 is 24.2 Å². The lowest BCUT2D eigenvalue weighted by Gasteiger charge is -2.21. The van der Waals surface area contributed by atoms with Crippen molar-refractivity contribution in [2.24, 2.45) is 0 Å². The van der Waals surface area contributed by atoms with Gasteiger partial charge in [-0.2, -0.15) is 0 Å². The average Bonchev–Trinajstić information content (AvgIpc) is 3.03. The van der Waals surface area contributed by atoms with Gasteiger partial charge < -0.3 is 19.5 Å². The number of ether oxygens (including phenoxy) is 2. The minimum absolute atomic E-state index is 0.114. The Bertz CT molecular complexity index is 546. The van der Waals surface area contributed by atoms with E-state index in [-0.39, 0.29) is 5.91 Å². The second-order valence-corrected chi connectivity index (χ2v) is 5.42. The molecule has 6 nitrogen and oxygen atoms in total. The molecule has 0 aromatic heterocycles. The molecule has 1 fully saturated rings. The number of amides is 1. The third kappa shape index (κ3) is 4.61. The molecule has 1 aliphatic heterocycles. The van der Waals surface area contributed by atoms with Crippen LogP contribution >= 0.6 is 0 Å². The SMILES string of the molecule is CCOc1ccccc1OCCCC(=O)N1CCC[C@@H]1C(=O)O. The fourth-order valence-corrected chi connectivity index (χ4v) is 2.72. The number of aliphatic carboxylic acids is 1. The van der Waals surface area contributed by atoms with Crippen LogP contribution in [0.4, 0.5) is 0 Å². The lowest BCUT2D eigenvalue weighted by molar-refractivity contribution is -0.148. The molecule has 0 unspecified atom stereocenters. The number of carbonyl (C=O) groups excluding carboxylic acids is 1. The van der Waals surface area contributed by atoms with E-state index in [0.29, 0.717) is 50.5 Å². The Balaban J connectivity index is 1.77. The first-order chi connectivity index (χ1) is 11.1. The van der Waals surface area contributed by atoms with Gasteiger partial charge in [0, 0.05) is 13.0 Å². The molecular weight excluding hydrogens is 298 g/mol. The van der Waals surface area contributed by atoms with Gasteiger partial charge in [0.05, 0.1) is 13.2 Å². The van der Waals surface area contributed by atoms with E-state index in [1.165, 1.54) is 4.90 Å². The molecule has 126 valence electrons. The van der Waals surface area contributed by atoms with Crippen LogP contribution in [0.25, 0.3) is 0 Å². The van der Waals surface area contributed by atoms with Crippen LogP contribution in [0.5, 0.6) is 11.5 Å². The number of carbonyl (C=O) groups is 2. The molecule has 1 heterocycles. The first-order valence-corrected chi connectivity index (χ1v) is 8.00. The van der Waals surface area contributed by atoms with Crippen molar-refractivity contribution in [1.29, 1.82) is 0 Å². The van der Waals surface area contributed by atoms with Crippen molar-refractivity contribution in [2.75, 3.05) is 19.8 Å². The van der Waals surface area contributed by atoms with Gasteiger partial charge in [0.1, 0.15) is 6.04 Å². The molecule has 1 aliphatic rings. The lowest BCUT2D eigenvalue weighted by Crippen LogP contribution is -2.40. The summed E-state index contributed by atoms with van der Waals surface area (Å²) in [6.45, 7) is 3.39. The van der Waals surface area contributed by atoms with E-state index in [4.69, 9.17) is 14.6 Å². The van der Waals surface area contributed by atoms with E-state index in [9.17, 15) is 9.59 Å². The lowest BCUT2D eigenvalue weighted by atomic mass is 10.2. The maximum Gasteiger partial charge on any atom is 0.326 e. The number of carboxylic acid groups (broad SMARTS) is 1. The van der Waals surface area contributed by atoms with Gasteiger partial charge in [-0.1, -0.05) is 12.1 Å². The van der Waals surface area contributed by atoms with Gasteiger partial charge in [-0.25, -0.2) is 4.79 Å². The first kappa shape index (κ1) is 17.1. The molecule has 1 aromatic carbocycles. The number of carboxylic acids is 1. The second-order valence-electron chi connectivity index (χ2n) is 5.42. The van der Waals surface area contributed by atoms with E-state index in [0.717, 1.165) is 6.42 Å². The molecular formula is C17H23NO5. The van der Waals surface area contributed by atoms with Gasteiger partial charge in [-0.3, -0.25) is 4.79 Å². The summed E-state index contributed by atoms with van der Waals surface area (Å²) in [5, 5.41) is 9.10. The molecule has 0 spiro atoms. The number of hydrogen-bond acceptors (Lipinski definition) is 4. The summed E-state index contributed by atoms with van der Waals surface area (Å²) >= 11 is 0.